The van der Waals surface area contributed by atoms with Crippen molar-refractivity contribution >= 4 is 0 Å². The fourth-order valence-electron chi connectivity index (χ4n) is 1.87. The van der Waals surface area contributed by atoms with E-state index in [2.05, 4.69) is 50.3 Å². The Bertz CT molecular complexity index is 295. The third-order valence-corrected chi connectivity index (χ3v) is 2.85. The van der Waals surface area contributed by atoms with Crippen molar-refractivity contribution in [1.29, 1.82) is 0 Å². The van der Waals surface area contributed by atoms with Crippen LogP contribution in [0.2, 0.25) is 0 Å². The highest BCUT2D eigenvalue weighted by Crippen LogP contribution is 2.15. The molecule has 0 nitrogen and oxygen atoms in total. The lowest BCUT2D eigenvalue weighted by molar-refractivity contribution is 0.764. The maximum absolute atomic E-state index is 2.45. The third kappa shape index (κ3) is 5.16. The van der Waals surface area contributed by atoms with Crippen molar-refractivity contribution in [2.75, 3.05) is 0 Å². The smallest absolute Gasteiger partial charge is 0.00671 e. The van der Waals surface area contributed by atoms with Gasteiger partial charge in [0, 0.05) is 0 Å². The Labute approximate surface area is 100 Å². The van der Waals surface area contributed by atoms with Gasteiger partial charge >= 0.3 is 0 Å². The van der Waals surface area contributed by atoms with Gasteiger partial charge in [0.05, 0.1) is 0 Å². The highest BCUT2D eigenvalue weighted by molar-refractivity contribution is 5.21. The Kier molecular flexibility index (Phi) is 6.64. The lowest BCUT2D eigenvalue weighted by Crippen LogP contribution is -1.91. The van der Waals surface area contributed by atoms with Crippen LogP contribution in [0.3, 0.4) is 0 Å². The van der Waals surface area contributed by atoms with Crippen LogP contribution in [0.5, 0.6) is 0 Å². The predicted molar refractivity (Wildman–Crippen MR) is 72.7 cm³/mol. The van der Waals surface area contributed by atoms with Crippen LogP contribution in [-0.4, -0.2) is 0 Å². The van der Waals surface area contributed by atoms with Crippen LogP contribution < -0.4 is 0 Å². The van der Waals surface area contributed by atoms with Gasteiger partial charge in [-0.3, -0.25) is 0 Å². The van der Waals surface area contributed by atoms with Crippen molar-refractivity contribution < 1.29 is 0 Å². The molecule has 0 saturated carbocycles. The average Bonchev–Trinajstić information content (AvgIpc) is 2.34. The molecule has 0 bridgehead atoms. The second-order valence-electron chi connectivity index (χ2n) is 4.42. The molecule has 0 unspecified atom stereocenters. The molecule has 0 heteroatoms. The van der Waals surface area contributed by atoms with Crippen LogP contribution in [0.25, 0.3) is 0 Å². The first kappa shape index (κ1) is 13.0. The van der Waals surface area contributed by atoms with Crippen molar-refractivity contribution in [3.05, 3.63) is 47.5 Å². The van der Waals surface area contributed by atoms with Crippen LogP contribution >= 0.6 is 0 Å². The van der Waals surface area contributed by atoms with Crippen molar-refractivity contribution in [2.45, 2.75) is 52.4 Å². The molecular weight excluding hydrogens is 192 g/mol. The molecule has 0 aliphatic heterocycles. The summed E-state index contributed by atoms with van der Waals surface area (Å²) in [7, 11) is 0. The Morgan fingerprint density at radius 1 is 1.06 bits per heavy atom. The molecule has 0 atom stereocenters. The molecule has 16 heavy (non-hydrogen) atoms. The molecule has 0 fully saturated rings. The summed E-state index contributed by atoms with van der Waals surface area (Å²) in [6, 6.07) is 10.8. The Morgan fingerprint density at radius 3 is 2.44 bits per heavy atom. The minimum Gasteiger partial charge on any atom is -0.0850 e. The molecular formula is C16H24. The highest BCUT2D eigenvalue weighted by atomic mass is 14.0. The van der Waals surface area contributed by atoms with Crippen molar-refractivity contribution in [3.8, 4) is 0 Å². The van der Waals surface area contributed by atoms with Crippen LogP contribution in [0.1, 0.15) is 51.5 Å². The van der Waals surface area contributed by atoms with Gasteiger partial charge in [-0.05, 0) is 31.2 Å². The van der Waals surface area contributed by atoms with E-state index in [4.69, 9.17) is 0 Å². The molecule has 0 amide bonds. The van der Waals surface area contributed by atoms with Crippen LogP contribution in [-0.2, 0) is 6.42 Å². The summed E-state index contributed by atoms with van der Waals surface area (Å²) in [5.41, 5.74) is 3.07. The van der Waals surface area contributed by atoms with E-state index in [1.54, 1.807) is 5.57 Å². The van der Waals surface area contributed by atoms with Crippen LogP contribution in [0, 0.1) is 0 Å². The largest absolute Gasteiger partial charge is 0.0850 e. The summed E-state index contributed by atoms with van der Waals surface area (Å²) in [5.74, 6) is 0. The van der Waals surface area contributed by atoms with E-state index in [1.807, 2.05) is 0 Å². The van der Waals surface area contributed by atoms with Crippen LogP contribution in [0.4, 0.5) is 0 Å². The number of hydrogen-bond donors (Lipinski definition) is 0. The van der Waals surface area contributed by atoms with Gasteiger partial charge in [0.2, 0.25) is 0 Å². The average molecular weight is 216 g/mol. The van der Waals surface area contributed by atoms with Gasteiger partial charge in [0.15, 0.2) is 0 Å². The van der Waals surface area contributed by atoms with E-state index in [1.165, 1.54) is 37.7 Å². The lowest BCUT2D eigenvalue weighted by atomic mass is 9.99. The van der Waals surface area contributed by atoms with Crippen LogP contribution in [0.15, 0.2) is 42.0 Å². The summed E-state index contributed by atoms with van der Waals surface area (Å²) in [4.78, 5) is 0. The number of hydrogen-bond acceptors (Lipinski definition) is 0. The molecule has 88 valence electrons. The molecule has 0 aliphatic carbocycles. The van der Waals surface area contributed by atoms with Gasteiger partial charge in [-0.2, -0.15) is 0 Å². The molecule has 1 rings (SSSR count). The molecule has 0 spiro atoms. The standard InChI is InChI=1S/C16H24/c1-3-5-10-15(11-6-4-2)14-16-12-8-7-9-13-16/h7-10,12-13H,3-6,11,14H2,1-2H3/b15-10+. The van der Waals surface area contributed by atoms with E-state index in [0.717, 1.165) is 6.42 Å². The minimum absolute atomic E-state index is 1.14. The summed E-state index contributed by atoms with van der Waals surface area (Å²) < 4.78 is 0. The zero-order chi connectivity index (χ0) is 11.6. The molecule has 0 aliphatic rings. The molecule has 0 aromatic heterocycles. The summed E-state index contributed by atoms with van der Waals surface area (Å²) in [6.07, 6.45) is 9.95. The maximum Gasteiger partial charge on any atom is -0.00671 e. The first-order valence-electron chi connectivity index (χ1n) is 6.58. The third-order valence-electron chi connectivity index (χ3n) is 2.85. The first-order valence-corrected chi connectivity index (χ1v) is 6.58. The molecule has 0 N–H and O–H groups in total. The molecule has 1 aromatic carbocycles. The van der Waals surface area contributed by atoms with E-state index in [-0.39, 0.29) is 0 Å². The highest BCUT2D eigenvalue weighted by Gasteiger charge is 1.99. The van der Waals surface area contributed by atoms with Crippen molar-refractivity contribution in [1.82, 2.24) is 0 Å². The first-order chi connectivity index (χ1) is 7.86. The van der Waals surface area contributed by atoms with Crippen molar-refractivity contribution in [2.24, 2.45) is 0 Å². The van der Waals surface area contributed by atoms with Crippen molar-refractivity contribution in [3.63, 3.8) is 0 Å². The van der Waals surface area contributed by atoms with Gasteiger partial charge < -0.3 is 0 Å². The lowest BCUT2D eigenvalue weighted by Gasteiger charge is -2.07. The predicted octanol–water partition coefficient (Wildman–Crippen LogP) is 5.15. The fourth-order valence-corrected chi connectivity index (χ4v) is 1.87. The zero-order valence-electron chi connectivity index (χ0n) is 10.7. The fraction of sp³-hybridized carbons (Fsp3) is 0.500. The van der Waals surface area contributed by atoms with Gasteiger partial charge in [0.25, 0.3) is 0 Å². The zero-order valence-corrected chi connectivity index (χ0v) is 10.7. The number of unbranched alkanes of at least 4 members (excludes halogenated alkanes) is 2. The Hall–Kier alpha value is -1.04. The number of allylic oxidation sites excluding steroid dienone is 2. The second kappa shape index (κ2) is 8.15. The Balaban J connectivity index is 2.56. The van der Waals surface area contributed by atoms with E-state index in [0.29, 0.717) is 0 Å². The summed E-state index contributed by atoms with van der Waals surface area (Å²) in [5, 5.41) is 0. The normalized spacial score (nSPS) is 11.8. The number of benzene rings is 1. The van der Waals surface area contributed by atoms with Gasteiger partial charge in [-0.25, -0.2) is 0 Å². The quantitative estimate of drug-likeness (QED) is 0.553. The van der Waals surface area contributed by atoms with Gasteiger partial charge in [-0.15, -0.1) is 0 Å². The van der Waals surface area contributed by atoms with Gasteiger partial charge in [0.1, 0.15) is 0 Å². The molecule has 1 aromatic rings. The Morgan fingerprint density at radius 2 is 1.81 bits per heavy atom. The minimum atomic E-state index is 1.14. The maximum atomic E-state index is 2.45. The van der Waals surface area contributed by atoms with E-state index in [9.17, 15) is 0 Å². The number of rotatable bonds is 7. The SMILES string of the molecule is CCC/C=C(\CCCC)Cc1ccccc1. The molecule has 0 saturated heterocycles. The monoisotopic (exact) mass is 216 g/mol. The van der Waals surface area contributed by atoms with E-state index >= 15 is 0 Å². The van der Waals surface area contributed by atoms with Gasteiger partial charge in [-0.1, -0.05) is 68.7 Å². The molecule has 0 heterocycles. The summed E-state index contributed by atoms with van der Waals surface area (Å²) >= 11 is 0. The molecule has 0 radical (unpaired) electrons. The topological polar surface area (TPSA) is 0 Å². The summed E-state index contributed by atoms with van der Waals surface area (Å²) in [6.45, 7) is 4.51. The van der Waals surface area contributed by atoms with E-state index < -0.39 is 0 Å². The second-order valence-corrected chi connectivity index (χ2v) is 4.42.